The maximum Gasteiger partial charge on any atom is 0.435 e. The van der Waals surface area contributed by atoms with Crippen molar-refractivity contribution in [2.75, 3.05) is 0 Å². The number of nitrogens with two attached hydrogens (primary N) is 1. The van der Waals surface area contributed by atoms with E-state index in [0.717, 1.165) is 16.3 Å². The van der Waals surface area contributed by atoms with Gasteiger partial charge >= 0.3 is 6.18 Å². The van der Waals surface area contributed by atoms with E-state index in [1.54, 1.807) is 12.1 Å². The van der Waals surface area contributed by atoms with Gasteiger partial charge in [0.15, 0.2) is 5.69 Å². The lowest BCUT2D eigenvalue weighted by Gasteiger charge is -2.26. The molecule has 1 unspecified atom stereocenters. The molecule has 2 aromatic carbocycles. The summed E-state index contributed by atoms with van der Waals surface area (Å²) in [5, 5.41) is 8.79. The van der Waals surface area contributed by atoms with Crippen LogP contribution in [0, 0.1) is 0 Å². The van der Waals surface area contributed by atoms with Gasteiger partial charge in [-0.05, 0) is 54.8 Å². The third kappa shape index (κ3) is 3.85. The summed E-state index contributed by atoms with van der Waals surface area (Å²) in [5.74, 6) is 0.620. The molecule has 1 atom stereocenters. The minimum atomic E-state index is -4.63. The number of aryl methyl sites for hydroxylation is 1. The van der Waals surface area contributed by atoms with Crippen LogP contribution in [0.3, 0.4) is 0 Å². The smallest absolute Gasteiger partial charge is 0.435 e. The van der Waals surface area contributed by atoms with Gasteiger partial charge in [0.05, 0.1) is 16.3 Å². The van der Waals surface area contributed by atoms with Gasteiger partial charge in [-0.15, -0.1) is 0 Å². The van der Waals surface area contributed by atoms with Crippen LogP contribution < -0.4 is 9.88 Å². The molecule has 0 fully saturated rings. The molecule has 0 bridgehead atoms. The van der Waals surface area contributed by atoms with Crippen LogP contribution in [0.1, 0.15) is 29.5 Å². The van der Waals surface area contributed by atoms with E-state index < -0.39 is 28.0 Å². The summed E-state index contributed by atoms with van der Waals surface area (Å²) in [6.07, 6.45) is -4.13. The highest BCUT2D eigenvalue weighted by Crippen LogP contribution is 2.38. The molecule has 0 amide bonds. The van der Waals surface area contributed by atoms with Crippen molar-refractivity contribution >= 4 is 10.0 Å². The summed E-state index contributed by atoms with van der Waals surface area (Å²) in [6.45, 7) is 0. The number of fused-ring (bicyclic) bond motifs is 1. The maximum atomic E-state index is 13.3. The van der Waals surface area contributed by atoms with E-state index in [0.29, 0.717) is 18.6 Å². The van der Waals surface area contributed by atoms with Crippen LogP contribution in [0.4, 0.5) is 13.2 Å². The molecule has 1 aromatic heterocycles. The average Bonchev–Trinajstić information content (AvgIpc) is 3.13. The highest BCUT2D eigenvalue weighted by molar-refractivity contribution is 7.89. The molecule has 0 radical (unpaired) electrons. The van der Waals surface area contributed by atoms with Crippen molar-refractivity contribution in [3.8, 4) is 11.4 Å². The van der Waals surface area contributed by atoms with Crippen LogP contribution in [0.2, 0.25) is 0 Å². The molecule has 2 heterocycles. The molecular formula is C19H16F3N3O3S. The van der Waals surface area contributed by atoms with Crippen molar-refractivity contribution < 1.29 is 26.3 Å². The van der Waals surface area contributed by atoms with E-state index in [2.05, 4.69) is 5.10 Å². The van der Waals surface area contributed by atoms with Crippen molar-refractivity contribution in [1.82, 2.24) is 9.78 Å². The molecule has 10 heteroatoms. The zero-order chi connectivity index (χ0) is 20.8. The largest absolute Gasteiger partial charge is 0.484 e. The summed E-state index contributed by atoms with van der Waals surface area (Å²) in [4.78, 5) is -0.145. The summed E-state index contributed by atoms with van der Waals surface area (Å²) < 4.78 is 69.9. The number of halogens is 3. The molecular weight excluding hydrogens is 407 g/mol. The summed E-state index contributed by atoms with van der Waals surface area (Å²) in [7, 11) is -3.92. The van der Waals surface area contributed by atoms with E-state index in [-0.39, 0.29) is 16.3 Å². The Morgan fingerprint density at radius 2 is 1.79 bits per heavy atom. The van der Waals surface area contributed by atoms with Crippen LogP contribution in [0.15, 0.2) is 59.5 Å². The SMILES string of the molecule is NS(=O)(=O)c1ccc(-n2nc(C(F)(F)F)cc2C2CCc3ccccc3O2)cc1. The van der Waals surface area contributed by atoms with Crippen LogP contribution >= 0.6 is 0 Å². The first-order valence-corrected chi connectivity index (χ1v) is 10.2. The lowest BCUT2D eigenvalue weighted by atomic mass is 10.00. The van der Waals surface area contributed by atoms with Crippen LogP contribution in [0.5, 0.6) is 5.75 Å². The van der Waals surface area contributed by atoms with Crippen molar-refractivity contribution in [1.29, 1.82) is 0 Å². The number of primary sulfonamides is 1. The zero-order valence-corrected chi connectivity index (χ0v) is 15.7. The molecule has 4 rings (SSSR count). The van der Waals surface area contributed by atoms with Crippen molar-refractivity contribution in [3.63, 3.8) is 0 Å². The molecule has 0 spiro atoms. The average molecular weight is 423 g/mol. The topological polar surface area (TPSA) is 87.2 Å². The number of benzene rings is 2. The predicted molar refractivity (Wildman–Crippen MR) is 98.1 cm³/mol. The Labute approximate surface area is 164 Å². The Balaban J connectivity index is 1.77. The molecule has 0 saturated heterocycles. The number of rotatable bonds is 3. The maximum absolute atomic E-state index is 13.3. The lowest BCUT2D eigenvalue weighted by molar-refractivity contribution is -0.141. The molecule has 0 aliphatic carbocycles. The first kappa shape index (κ1) is 19.5. The Morgan fingerprint density at radius 3 is 2.45 bits per heavy atom. The van der Waals surface area contributed by atoms with Gasteiger partial charge in [0.1, 0.15) is 11.9 Å². The number of nitrogens with zero attached hydrogens (tertiary/aromatic N) is 2. The second-order valence-corrected chi connectivity index (χ2v) is 8.22. The Hall–Kier alpha value is -2.85. The third-order valence-corrected chi connectivity index (χ3v) is 5.61. The van der Waals surface area contributed by atoms with Gasteiger partial charge in [-0.1, -0.05) is 18.2 Å². The standard InChI is InChI=1S/C19H16F3N3O3S/c20-19(21,22)18-11-15(17-10-5-12-3-1-2-4-16(12)28-17)25(24-18)13-6-8-14(9-7-13)29(23,26)27/h1-4,6-9,11,17H,5,10H2,(H2,23,26,27). The van der Waals surface area contributed by atoms with Gasteiger partial charge in [-0.2, -0.15) is 18.3 Å². The number of hydrogen-bond acceptors (Lipinski definition) is 4. The summed E-state index contributed by atoms with van der Waals surface area (Å²) in [5.41, 5.74) is 0.439. The van der Waals surface area contributed by atoms with E-state index in [9.17, 15) is 21.6 Å². The van der Waals surface area contributed by atoms with E-state index >= 15 is 0 Å². The zero-order valence-electron chi connectivity index (χ0n) is 14.9. The highest BCUT2D eigenvalue weighted by atomic mass is 32.2. The number of hydrogen-bond donors (Lipinski definition) is 1. The third-order valence-electron chi connectivity index (χ3n) is 4.68. The van der Waals surface area contributed by atoms with Crippen molar-refractivity contribution in [2.24, 2.45) is 5.14 Å². The highest BCUT2D eigenvalue weighted by Gasteiger charge is 2.37. The molecule has 3 aromatic rings. The van der Waals surface area contributed by atoms with Crippen LogP contribution in [0.25, 0.3) is 5.69 Å². The fourth-order valence-corrected chi connectivity index (χ4v) is 3.80. The Kier molecular flexibility index (Phi) is 4.62. The number of ether oxygens (including phenoxy) is 1. The number of alkyl halides is 3. The second-order valence-electron chi connectivity index (χ2n) is 6.66. The van der Waals surface area contributed by atoms with Gasteiger partial charge < -0.3 is 4.74 Å². The van der Waals surface area contributed by atoms with Crippen molar-refractivity contribution in [2.45, 2.75) is 30.0 Å². The molecule has 2 N–H and O–H groups in total. The molecule has 6 nitrogen and oxygen atoms in total. The van der Waals surface area contributed by atoms with Gasteiger partial charge in [0.2, 0.25) is 10.0 Å². The van der Waals surface area contributed by atoms with Gasteiger partial charge in [-0.25, -0.2) is 18.2 Å². The fourth-order valence-electron chi connectivity index (χ4n) is 3.28. The number of para-hydroxylation sites is 1. The molecule has 152 valence electrons. The number of aromatic nitrogens is 2. The van der Waals surface area contributed by atoms with E-state index in [1.165, 1.54) is 24.3 Å². The van der Waals surface area contributed by atoms with Gasteiger partial charge in [-0.3, -0.25) is 0 Å². The van der Waals surface area contributed by atoms with Crippen molar-refractivity contribution in [3.05, 3.63) is 71.5 Å². The quantitative estimate of drug-likeness (QED) is 0.697. The Bertz CT molecular complexity index is 1160. The second kappa shape index (κ2) is 6.89. The molecule has 29 heavy (non-hydrogen) atoms. The van der Waals surface area contributed by atoms with E-state index in [4.69, 9.17) is 9.88 Å². The van der Waals surface area contributed by atoms with Gasteiger partial charge in [0, 0.05) is 0 Å². The number of sulfonamides is 1. The molecule has 1 aliphatic rings. The first-order valence-electron chi connectivity index (χ1n) is 8.68. The van der Waals surface area contributed by atoms with Gasteiger partial charge in [0.25, 0.3) is 0 Å². The molecule has 1 aliphatic heterocycles. The summed E-state index contributed by atoms with van der Waals surface area (Å²) >= 11 is 0. The minimum absolute atomic E-state index is 0.145. The van der Waals surface area contributed by atoms with Crippen LogP contribution in [-0.2, 0) is 22.6 Å². The van der Waals surface area contributed by atoms with Crippen LogP contribution in [-0.4, -0.2) is 18.2 Å². The normalized spacial score (nSPS) is 16.9. The predicted octanol–water partition coefficient (Wildman–Crippen LogP) is 3.60. The lowest BCUT2D eigenvalue weighted by Crippen LogP contribution is -2.18. The Morgan fingerprint density at radius 1 is 1.10 bits per heavy atom. The minimum Gasteiger partial charge on any atom is -0.484 e. The summed E-state index contributed by atoms with van der Waals surface area (Å²) in [6, 6.07) is 13.5. The fraction of sp³-hybridized carbons (Fsp3) is 0.211. The van der Waals surface area contributed by atoms with E-state index in [1.807, 2.05) is 12.1 Å². The first-order chi connectivity index (χ1) is 13.6. The monoisotopic (exact) mass is 423 g/mol. The molecule has 0 saturated carbocycles.